The zero-order chi connectivity index (χ0) is 17.0. The first-order valence-electron chi connectivity index (χ1n) is 8.56. The Bertz CT molecular complexity index is 526. The van der Waals surface area contributed by atoms with Gasteiger partial charge in [-0.05, 0) is 31.6 Å². The maximum atomic E-state index is 12.4. The number of piperidine rings is 2. The molecule has 2 rings (SSSR count). The molecule has 2 aliphatic rings. The molecule has 9 heteroatoms. The van der Waals surface area contributed by atoms with Crippen molar-refractivity contribution in [1.82, 2.24) is 13.5 Å². The van der Waals surface area contributed by atoms with Gasteiger partial charge in [-0.1, -0.05) is 13.3 Å². The zero-order valence-electron chi connectivity index (χ0n) is 15.0. The van der Waals surface area contributed by atoms with E-state index in [4.69, 9.17) is 5.73 Å². The van der Waals surface area contributed by atoms with Crippen molar-refractivity contribution < 1.29 is 8.42 Å². The molecule has 2 atom stereocenters. The van der Waals surface area contributed by atoms with Gasteiger partial charge in [-0.25, -0.2) is 0 Å². The fourth-order valence-corrected chi connectivity index (χ4v) is 4.69. The molecule has 2 heterocycles. The molecule has 24 heavy (non-hydrogen) atoms. The van der Waals surface area contributed by atoms with Gasteiger partial charge in [0.15, 0.2) is 5.96 Å². The second-order valence-electron chi connectivity index (χ2n) is 6.94. The van der Waals surface area contributed by atoms with Gasteiger partial charge in [0.05, 0.1) is 6.54 Å². The van der Waals surface area contributed by atoms with Gasteiger partial charge < -0.3 is 10.6 Å². The summed E-state index contributed by atoms with van der Waals surface area (Å²) < 4.78 is 27.8. The second kappa shape index (κ2) is 9.54. The number of nitrogens with two attached hydrogens (primary N) is 1. The lowest BCUT2D eigenvalue weighted by atomic mass is 10.0. The summed E-state index contributed by atoms with van der Waals surface area (Å²) >= 11 is 0. The van der Waals surface area contributed by atoms with Crippen LogP contribution in [0.3, 0.4) is 0 Å². The standard InChI is InChI=1S/C15H31N5O2S.HI/c1-13-7-6-9-19(12-13)15(16)17-11-14-8-4-5-10-20(14)23(21,22)18(2)3;/h13-14H,4-12H2,1-3H3,(H2,16,17);1H. The van der Waals surface area contributed by atoms with Crippen LogP contribution in [0, 0.1) is 5.92 Å². The fraction of sp³-hybridized carbons (Fsp3) is 0.933. The molecule has 0 aromatic heterocycles. The quantitative estimate of drug-likeness (QED) is 0.379. The highest BCUT2D eigenvalue weighted by Gasteiger charge is 2.33. The van der Waals surface area contributed by atoms with Gasteiger partial charge in [0.2, 0.25) is 0 Å². The van der Waals surface area contributed by atoms with Gasteiger partial charge in [-0.2, -0.15) is 17.0 Å². The SMILES string of the molecule is CC1CCCN(C(N)=NCC2CCCCN2S(=O)(=O)N(C)C)C1.I. The van der Waals surface area contributed by atoms with Crippen LogP contribution in [0.1, 0.15) is 39.0 Å². The molecule has 0 aromatic carbocycles. The highest BCUT2D eigenvalue weighted by molar-refractivity contribution is 14.0. The predicted octanol–water partition coefficient (Wildman–Crippen LogP) is 1.31. The molecule has 0 spiro atoms. The third kappa shape index (κ3) is 5.43. The monoisotopic (exact) mass is 473 g/mol. The van der Waals surface area contributed by atoms with Crippen LogP contribution in [-0.4, -0.2) is 74.2 Å². The number of halogens is 1. The molecule has 2 aliphatic heterocycles. The number of guanidine groups is 1. The summed E-state index contributed by atoms with van der Waals surface area (Å²) in [5.74, 6) is 1.20. The highest BCUT2D eigenvalue weighted by atomic mass is 127. The minimum Gasteiger partial charge on any atom is -0.370 e. The largest absolute Gasteiger partial charge is 0.370 e. The first-order valence-corrected chi connectivity index (χ1v) is 9.96. The number of nitrogens with zero attached hydrogens (tertiary/aromatic N) is 4. The van der Waals surface area contributed by atoms with Crippen molar-refractivity contribution in [3.63, 3.8) is 0 Å². The lowest BCUT2D eigenvalue weighted by molar-refractivity contribution is 0.242. The van der Waals surface area contributed by atoms with E-state index in [0.29, 0.717) is 25.0 Å². The van der Waals surface area contributed by atoms with Crippen LogP contribution in [0.5, 0.6) is 0 Å². The minimum atomic E-state index is -3.39. The number of hydrogen-bond acceptors (Lipinski definition) is 3. The summed E-state index contributed by atoms with van der Waals surface area (Å²) in [5.41, 5.74) is 6.14. The minimum absolute atomic E-state index is 0. The summed E-state index contributed by atoms with van der Waals surface area (Å²) in [6.07, 6.45) is 5.18. The Hall–Kier alpha value is -0.130. The molecular formula is C15H32IN5O2S. The summed E-state index contributed by atoms with van der Waals surface area (Å²) in [6.45, 7) is 5.14. The molecule has 0 bridgehead atoms. The molecule has 142 valence electrons. The molecule has 2 saturated heterocycles. The molecule has 0 aliphatic carbocycles. The van der Waals surface area contributed by atoms with Crippen LogP contribution < -0.4 is 5.73 Å². The Morgan fingerprint density at radius 1 is 1.21 bits per heavy atom. The molecule has 0 amide bonds. The molecule has 7 nitrogen and oxygen atoms in total. The van der Waals surface area contributed by atoms with Crippen LogP contribution >= 0.6 is 24.0 Å². The predicted molar refractivity (Wildman–Crippen MR) is 109 cm³/mol. The van der Waals surface area contributed by atoms with Crippen molar-refractivity contribution in [3.8, 4) is 0 Å². The molecule has 2 N–H and O–H groups in total. The van der Waals surface area contributed by atoms with Crippen LogP contribution in [0.4, 0.5) is 0 Å². The summed E-state index contributed by atoms with van der Waals surface area (Å²) in [4.78, 5) is 6.65. The lowest BCUT2D eigenvalue weighted by Crippen LogP contribution is -2.50. The highest BCUT2D eigenvalue weighted by Crippen LogP contribution is 2.22. The van der Waals surface area contributed by atoms with Crippen LogP contribution in [-0.2, 0) is 10.2 Å². The van der Waals surface area contributed by atoms with Gasteiger partial charge in [-0.15, -0.1) is 24.0 Å². The molecule has 0 aromatic rings. The second-order valence-corrected chi connectivity index (χ2v) is 9.04. The number of aliphatic imine (C=N–C) groups is 1. The van der Waals surface area contributed by atoms with Crippen molar-refractivity contribution in [2.24, 2.45) is 16.6 Å². The first-order chi connectivity index (χ1) is 10.8. The van der Waals surface area contributed by atoms with Crippen LogP contribution in [0.15, 0.2) is 4.99 Å². The molecule has 2 fully saturated rings. The fourth-order valence-electron chi connectivity index (χ4n) is 3.37. The topological polar surface area (TPSA) is 82.2 Å². The molecule has 0 saturated carbocycles. The first kappa shape index (κ1) is 21.9. The Morgan fingerprint density at radius 2 is 1.92 bits per heavy atom. The van der Waals surface area contributed by atoms with Gasteiger partial charge >= 0.3 is 0 Å². The Labute approximate surface area is 163 Å². The molecule has 2 unspecified atom stereocenters. The Morgan fingerprint density at radius 3 is 2.54 bits per heavy atom. The van der Waals surface area contributed by atoms with Crippen LogP contribution in [0.2, 0.25) is 0 Å². The van der Waals surface area contributed by atoms with E-state index in [-0.39, 0.29) is 30.0 Å². The van der Waals surface area contributed by atoms with Crippen molar-refractivity contribution in [2.45, 2.75) is 45.1 Å². The smallest absolute Gasteiger partial charge is 0.281 e. The van der Waals surface area contributed by atoms with Crippen molar-refractivity contribution in [3.05, 3.63) is 0 Å². The van der Waals surface area contributed by atoms with E-state index in [9.17, 15) is 8.42 Å². The maximum absolute atomic E-state index is 12.4. The third-order valence-corrected chi connectivity index (χ3v) is 6.77. The van der Waals surface area contributed by atoms with Crippen molar-refractivity contribution in [1.29, 1.82) is 0 Å². The van der Waals surface area contributed by atoms with Gasteiger partial charge in [-0.3, -0.25) is 4.99 Å². The number of rotatable bonds is 4. The third-order valence-electron chi connectivity index (χ3n) is 4.78. The van der Waals surface area contributed by atoms with Gasteiger partial charge in [0.25, 0.3) is 10.2 Å². The normalized spacial score (nSPS) is 27.2. The van der Waals surface area contributed by atoms with E-state index in [1.165, 1.54) is 10.7 Å². The number of likely N-dealkylation sites (tertiary alicyclic amines) is 1. The van der Waals surface area contributed by atoms with E-state index in [2.05, 4.69) is 16.8 Å². The Kier molecular flexibility index (Phi) is 8.71. The van der Waals surface area contributed by atoms with Gasteiger partial charge in [0.1, 0.15) is 0 Å². The van der Waals surface area contributed by atoms with E-state index in [0.717, 1.165) is 38.8 Å². The lowest BCUT2D eigenvalue weighted by Gasteiger charge is -2.36. The zero-order valence-corrected chi connectivity index (χ0v) is 18.2. The average molecular weight is 473 g/mol. The molecule has 0 radical (unpaired) electrons. The van der Waals surface area contributed by atoms with E-state index >= 15 is 0 Å². The van der Waals surface area contributed by atoms with E-state index in [1.54, 1.807) is 18.4 Å². The summed E-state index contributed by atoms with van der Waals surface area (Å²) in [5, 5.41) is 0. The number of hydrogen-bond donors (Lipinski definition) is 1. The summed E-state index contributed by atoms with van der Waals surface area (Å²) in [7, 11) is -0.233. The summed E-state index contributed by atoms with van der Waals surface area (Å²) in [6, 6.07) is -0.0862. The van der Waals surface area contributed by atoms with Crippen molar-refractivity contribution in [2.75, 3.05) is 40.3 Å². The maximum Gasteiger partial charge on any atom is 0.281 e. The van der Waals surface area contributed by atoms with Crippen molar-refractivity contribution >= 4 is 40.1 Å². The van der Waals surface area contributed by atoms with E-state index < -0.39 is 10.2 Å². The molecular weight excluding hydrogens is 441 g/mol. The van der Waals surface area contributed by atoms with Gasteiger partial charge in [0, 0.05) is 39.8 Å². The Balaban J connectivity index is 0.00000288. The van der Waals surface area contributed by atoms with E-state index in [1.807, 2.05) is 0 Å². The average Bonchev–Trinajstić information content (AvgIpc) is 2.52. The van der Waals surface area contributed by atoms with Crippen LogP contribution in [0.25, 0.3) is 0 Å².